The summed E-state index contributed by atoms with van der Waals surface area (Å²) in [7, 11) is -4.18. The van der Waals surface area contributed by atoms with Crippen molar-refractivity contribution in [2.75, 3.05) is 0 Å². The Kier molecular flexibility index (Phi) is 4.55. The van der Waals surface area contributed by atoms with Crippen LogP contribution in [0.3, 0.4) is 0 Å². The number of rotatable bonds is 3. The van der Waals surface area contributed by atoms with Gasteiger partial charge in [-0.25, -0.2) is 18.2 Å². The molecule has 0 radical (unpaired) electrons. The van der Waals surface area contributed by atoms with Gasteiger partial charge in [0.25, 0.3) is 0 Å². The molecule has 1 aromatic heterocycles. The van der Waals surface area contributed by atoms with Gasteiger partial charge < -0.3 is 0 Å². The number of aromatic nitrogens is 2. The molecule has 0 saturated carbocycles. The fraction of sp³-hybridized carbons (Fsp3) is 0.0625. The topological polar surface area (TPSA) is 78.0 Å². The lowest BCUT2D eigenvalue weighted by Gasteiger charge is -2.11. The molecule has 0 saturated heterocycles. The molecular formula is C16H11ClF3N3O2S. The molecule has 136 valence electrons. The molecule has 0 unspecified atom stereocenters. The van der Waals surface area contributed by atoms with Crippen LogP contribution < -0.4 is 5.14 Å². The second-order valence-corrected chi connectivity index (χ2v) is 7.31. The highest BCUT2D eigenvalue weighted by molar-refractivity contribution is 7.89. The highest BCUT2D eigenvalue weighted by atomic mass is 35.5. The van der Waals surface area contributed by atoms with Crippen LogP contribution in [0.5, 0.6) is 0 Å². The van der Waals surface area contributed by atoms with Gasteiger partial charge in [0, 0.05) is 10.6 Å². The highest BCUT2D eigenvalue weighted by Crippen LogP contribution is 2.34. The van der Waals surface area contributed by atoms with Crippen molar-refractivity contribution in [1.29, 1.82) is 0 Å². The molecule has 0 aliphatic carbocycles. The van der Waals surface area contributed by atoms with Crippen LogP contribution in [0, 0.1) is 0 Å². The Morgan fingerprint density at radius 3 is 2.35 bits per heavy atom. The lowest BCUT2D eigenvalue weighted by molar-refractivity contribution is -0.141. The van der Waals surface area contributed by atoms with Crippen molar-refractivity contribution in [3.05, 3.63) is 65.3 Å². The predicted octanol–water partition coefficient (Wildman–Crippen LogP) is 3.86. The van der Waals surface area contributed by atoms with Gasteiger partial charge in [0.2, 0.25) is 10.0 Å². The SMILES string of the molecule is NS(=O)(=O)c1ccccc1-n1nc(C(F)(F)F)cc1-c1cccc(Cl)c1. The normalized spacial score (nSPS) is 12.3. The van der Waals surface area contributed by atoms with Crippen LogP contribution in [-0.2, 0) is 16.2 Å². The highest BCUT2D eigenvalue weighted by Gasteiger charge is 2.35. The predicted molar refractivity (Wildman–Crippen MR) is 90.4 cm³/mol. The summed E-state index contributed by atoms with van der Waals surface area (Å²) >= 11 is 5.93. The summed E-state index contributed by atoms with van der Waals surface area (Å²) in [5.74, 6) is 0. The van der Waals surface area contributed by atoms with Crippen molar-refractivity contribution in [2.24, 2.45) is 5.14 Å². The number of primary sulfonamides is 1. The molecule has 0 spiro atoms. The molecule has 0 atom stereocenters. The molecule has 0 aliphatic heterocycles. The van der Waals surface area contributed by atoms with Gasteiger partial charge in [-0.2, -0.15) is 18.3 Å². The van der Waals surface area contributed by atoms with Gasteiger partial charge in [0.15, 0.2) is 5.69 Å². The zero-order valence-corrected chi connectivity index (χ0v) is 14.5. The Bertz CT molecular complexity index is 1080. The number of benzene rings is 2. The van der Waals surface area contributed by atoms with Crippen LogP contribution in [0.2, 0.25) is 5.02 Å². The number of nitrogens with two attached hydrogens (primary N) is 1. The fourth-order valence-electron chi connectivity index (χ4n) is 2.43. The molecule has 0 bridgehead atoms. The van der Waals surface area contributed by atoms with Gasteiger partial charge in [-0.3, -0.25) is 0 Å². The molecule has 3 aromatic rings. The van der Waals surface area contributed by atoms with E-state index >= 15 is 0 Å². The van der Waals surface area contributed by atoms with Gasteiger partial charge >= 0.3 is 6.18 Å². The lowest BCUT2D eigenvalue weighted by atomic mass is 10.1. The summed E-state index contributed by atoms with van der Waals surface area (Å²) in [6.07, 6.45) is -4.71. The van der Waals surface area contributed by atoms with E-state index < -0.39 is 21.9 Å². The number of hydrogen-bond acceptors (Lipinski definition) is 3. The van der Waals surface area contributed by atoms with E-state index in [-0.39, 0.29) is 16.3 Å². The Balaban J connectivity index is 2.34. The first-order chi connectivity index (χ1) is 12.1. The molecule has 3 rings (SSSR count). The van der Waals surface area contributed by atoms with E-state index in [1.807, 2.05) is 0 Å². The molecule has 10 heteroatoms. The Hall–Kier alpha value is -2.36. The van der Waals surface area contributed by atoms with Gasteiger partial charge in [-0.05, 0) is 30.3 Å². The van der Waals surface area contributed by atoms with Gasteiger partial charge in [0.05, 0.1) is 11.4 Å². The number of alkyl halides is 3. The second-order valence-electron chi connectivity index (χ2n) is 5.35. The van der Waals surface area contributed by atoms with E-state index in [1.165, 1.54) is 30.3 Å². The molecule has 1 heterocycles. The van der Waals surface area contributed by atoms with E-state index in [1.54, 1.807) is 18.2 Å². The number of nitrogens with zero attached hydrogens (tertiary/aromatic N) is 2. The standard InChI is InChI=1S/C16H11ClF3N3O2S/c17-11-5-3-4-10(8-11)13-9-15(16(18,19)20)22-23(13)12-6-1-2-7-14(12)26(21,24)25/h1-9H,(H2,21,24,25). The first-order valence-electron chi connectivity index (χ1n) is 7.13. The third-order valence-electron chi connectivity index (χ3n) is 3.52. The minimum atomic E-state index is -4.71. The third-order valence-corrected chi connectivity index (χ3v) is 4.71. The zero-order chi connectivity index (χ0) is 19.1. The smallest absolute Gasteiger partial charge is 0.231 e. The lowest BCUT2D eigenvalue weighted by Crippen LogP contribution is -2.16. The fourth-order valence-corrected chi connectivity index (χ4v) is 3.33. The summed E-state index contributed by atoms with van der Waals surface area (Å²) in [6.45, 7) is 0. The number of para-hydroxylation sites is 1. The minimum absolute atomic E-state index is 0.0240. The van der Waals surface area contributed by atoms with Crippen LogP contribution in [0.1, 0.15) is 5.69 Å². The zero-order valence-electron chi connectivity index (χ0n) is 12.9. The number of halogens is 4. The van der Waals surface area contributed by atoms with Crippen molar-refractivity contribution in [3.63, 3.8) is 0 Å². The quantitative estimate of drug-likeness (QED) is 0.723. The van der Waals surface area contributed by atoms with Crippen LogP contribution in [0.25, 0.3) is 16.9 Å². The van der Waals surface area contributed by atoms with Crippen molar-refractivity contribution < 1.29 is 21.6 Å². The number of hydrogen-bond donors (Lipinski definition) is 1. The van der Waals surface area contributed by atoms with Crippen molar-refractivity contribution in [3.8, 4) is 16.9 Å². The van der Waals surface area contributed by atoms with Gasteiger partial charge in [0.1, 0.15) is 4.90 Å². The third kappa shape index (κ3) is 3.59. The van der Waals surface area contributed by atoms with Crippen LogP contribution in [-0.4, -0.2) is 18.2 Å². The molecular weight excluding hydrogens is 391 g/mol. The summed E-state index contributed by atoms with van der Waals surface area (Å²) in [5.41, 5.74) is -0.905. The Morgan fingerprint density at radius 2 is 1.73 bits per heavy atom. The minimum Gasteiger partial charge on any atom is -0.231 e. The molecule has 2 N–H and O–H groups in total. The molecule has 2 aromatic carbocycles. The van der Waals surface area contributed by atoms with Crippen molar-refractivity contribution in [1.82, 2.24) is 9.78 Å². The first kappa shape index (κ1) is 18.4. The second kappa shape index (κ2) is 6.42. The van der Waals surface area contributed by atoms with Gasteiger partial charge in [-0.1, -0.05) is 35.9 Å². The van der Waals surface area contributed by atoms with E-state index in [0.29, 0.717) is 10.6 Å². The maximum Gasteiger partial charge on any atom is 0.435 e. The summed E-state index contributed by atoms with van der Waals surface area (Å²) in [4.78, 5) is -0.347. The summed E-state index contributed by atoms with van der Waals surface area (Å²) in [6, 6.07) is 12.3. The summed E-state index contributed by atoms with van der Waals surface area (Å²) < 4.78 is 64.1. The Labute approximate surface area is 151 Å². The summed E-state index contributed by atoms with van der Waals surface area (Å²) in [5, 5.41) is 9.06. The molecule has 0 aliphatic rings. The monoisotopic (exact) mass is 401 g/mol. The van der Waals surface area contributed by atoms with Crippen LogP contribution in [0.15, 0.2) is 59.5 Å². The average molecular weight is 402 g/mol. The van der Waals surface area contributed by atoms with E-state index in [0.717, 1.165) is 10.7 Å². The Morgan fingerprint density at radius 1 is 1.04 bits per heavy atom. The maximum atomic E-state index is 13.2. The van der Waals surface area contributed by atoms with E-state index in [2.05, 4.69) is 5.10 Å². The van der Waals surface area contributed by atoms with E-state index in [4.69, 9.17) is 16.7 Å². The van der Waals surface area contributed by atoms with Crippen molar-refractivity contribution >= 4 is 21.6 Å². The number of sulfonamides is 1. The largest absolute Gasteiger partial charge is 0.435 e. The van der Waals surface area contributed by atoms with Crippen LogP contribution >= 0.6 is 11.6 Å². The molecule has 0 fully saturated rings. The molecule has 5 nitrogen and oxygen atoms in total. The van der Waals surface area contributed by atoms with Gasteiger partial charge in [-0.15, -0.1) is 0 Å². The van der Waals surface area contributed by atoms with E-state index in [9.17, 15) is 21.6 Å². The maximum absolute atomic E-state index is 13.2. The van der Waals surface area contributed by atoms with Crippen LogP contribution in [0.4, 0.5) is 13.2 Å². The average Bonchev–Trinajstić information content (AvgIpc) is 2.99. The first-order valence-corrected chi connectivity index (χ1v) is 9.05. The molecule has 0 amide bonds. The van der Waals surface area contributed by atoms with Crippen molar-refractivity contribution in [2.45, 2.75) is 11.1 Å². The molecule has 26 heavy (non-hydrogen) atoms.